The molecule has 0 aliphatic carbocycles. The van der Waals surface area contributed by atoms with Gasteiger partial charge >= 0.3 is 6.18 Å². The van der Waals surface area contributed by atoms with E-state index < -0.39 is 11.7 Å². The van der Waals surface area contributed by atoms with Crippen LogP contribution in [0, 0.1) is 0 Å². The van der Waals surface area contributed by atoms with Crippen LogP contribution >= 0.6 is 0 Å². The Kier molecular flexibility index (Phi) is 5.76. The lowest BCUT2D eigenvalue weighted by molar-refractivity contribution is -0.137. The number of ether oxygens (including phenoxy) is 1. The molecule has 2 rings (SSSR count). The number of rotatable bonds is 6. The van der Waals surface area contributed by atoms with Crippen LogP contribution in [0.25, 0.3) is 11.1 Å². The molecular formula is C17H16F3N3O2. The fourth-order valence-electron chi connectivity index (χ4n) is 2.34. The molecule has 132 valence electrons. The van der Waals surface area contributed by atoms with Crippen molar-refractivity contribution >= 4 is 17.8 Å². The van der Waals surface area contributed by atoms with Crippen molar-refractivity contribution in [1.82, 2.24) is 5.43 Å². The quantitative estimate of drug-likeness (QED) is 0.363. The van der Waals surface area contributed by atoms with E-state index in [9.17, 15) is 18.0 Å². The average molecular weight is 351 g/mol. The Balaban J connectivity index is 2.59. The lowest BCUT2D eigenvalue weighted by Crippen LogP contribution is -2.16. The zero-order chi connectivity index (χ0) is 18.4. The third-order valence-corrected chi connectivity index (χ3v) is 3.39. The minimum Gasteiger partial charge on any atom is -0.399 e. The summed E-state index contributed by atoms with van der Waals surface area (Å²) in [6.07, 6.45) is -4.26. The van der Waals surface area contributed by atoms with Crippen LogP contribution in [0.4, 0.5) is 18.9 Å². The van der Waals surface area contributed by atoms with Gasteiger partial charge in [0.15, 0.2) is 0 Å². The summed E-state index contributed by atoms with van der Waals surface area (Å²) in [6.45, 7) is -0.0598. The molecule has 2 aromatic rings. The maximum absolute atomic E-state index is 13.5. The van der Waals surface area contributed by atoms with Crippen molar-refractivity contribution in [3.05, 3.63) is 53.6 Å². The maximum Gasteiger partial charge on any atom is 0.417 e. The van der Waals surface area contributed by atoms with E-state index in [1.807, 2.05) is 0 Å². The van der Waals surface area contributed by atoms with Gasteiger partial charge in [0.05, 0.1) is 17.9 Å². The number of nitrogens with two attached hydrogens (primary N) is 1. The number of hydrogen-bond acceptors (Lipinski definition) is 4. The van der Waals surface area contributed by atoms with Gasteiger partial charge in [-0.3, -0.25) is 4.79 Å². The van der Waals surface area contributed by atoms with Crippen LogP contribution in [-0.4, -0.2) is 25.8 Å². The van der Waals surface area contributed by atoms with E-state index in [2.05, 4.69) is 10.5 Å². The van der Waals surface area contributed by atoms with Crippen LogP contribution in [0.15, 0.2) is 47.6 Å². The number of carbonyl (C=O) groups is 1. The maximum atomic E-state index is 13.5. The molecule has 0 spiro atoms. The molecule has 1 amide bonds. The number of hydrazone groups is 1. The van der Waals surface area contributed by atoms with Gasteiger partial charge < -0.3 is 10.5 Å². The van der Waals surface area contributed by atoms with Crippen molar-refractivity contribution in [3.63, 3.8) is 0 Å². The van der Waals surface area contributed by atoms with Crippen molar-refractivity contribution in [1.29, 1.82) is 0 Å². The summed E-state index contributed by atoms with van der Waals surface area (Å²) in [5.41, 5.74) is 8.00. The van der Waals surface area contributed by atoms with Gasteiger partial charge in [-0.15, -0.1) is 0 Å². The molecule has 0 heterocycles. The fraction of sp³-hybridized carbons (Fsp3) is 0.176. The van der Waals surface area contributed by atoms with Gasteiger partial charge in [0.25, 0.3) is 0 Å². The standard InChI is InChI=1S/C17H16F3N3O2/c1-25-9-16(23-22-10-24)12-5-6-14(15(8-12)17(18,19)20)11-3-2-4-13(21)7-11/h2-8,10H,9,21H2,1H3,(H,22,24)/b23-16+. The normalized spacial score (nSPS) is 12.1. The Bertz CT molecular complexity index is 789. The second kappa shape index (κ2) is 7.80. The third-order valence-electron chi connectivity index (χ3n) is 3.39. The summed E-state index contributed by atoms with van der Waals surface area (Å²) >= 11 is 0. The van der Waals surface area contributed by atoms with E-state index in [1.54, 1.807) is 18.2 Å². The number of anilines is 1. The Labute approximate surface area is 142 Å². The zero-order valence-electron chi connectivity index (χ0n) is 13.3. The molecule has 0 saturated heterocycles. The van der Waals surface area contributed by atoms with E-state index in [0.717, 1.165) is 6.07 Å². The highest BCUT2D eigenvalue weighted by Gasteiger charge is 2.34. The van der Waals surface area contributed by atoms with Crippen LogP contribution in [0.2, 0.25) is 0 Å². The van der Waals surface area contributed by atoms with Gasteiger partial charge in [-0.05, 0) is 29.3 Å². The Hall–Kier alpha value is -2.87. The van der Waals surface area contributed by atoms with Crippen LogP contribution < -0.4 is 11.2 Å². The first-order valence-electron chi connectivity index (χ1n) is 7.19. The molecule has 3 N–H and O–H groups in total. The summed E-state index contributed by atoms with van der Waals surface area (Å²) in [6, 6.07) is 10.0. The Morgan fingerprint density at radius 3 is 2.64 bits per heavy atom. The molecule has 0 aromatic heterocycles. The molecule has 0 bridgehead atoms. The minimum absolute atomic E-state index is 0.00339. The smallest absolute Gasteiger partial charge is 0.399 e. The first-order chi connectivity index (χ1) is 11.9. The molecule has 0 radical (unpaired) electrons. The van der Waals surface area contributed by atoms with Gasteiger partial charge in [0.1, 0.15) is 0 Å². The van der Waals surface area contributed by atoms with Crippen molar-refractivity contribution < 1.29 is 22.7 Å². The first-order valence-corrected chi connectivity index (χ1v) is 7.19. The number of carbonyl (C=O) groups excluding carboxylic acids is 1. The van der Waals surface area contributed by atoms with Crippen molar-refractivity contribution in [2.45, 2.75) is 6.18 Å². The van der Waals surface area contributed by atoms with Crippen LogP contribution in [0.3, 0.4) is 0 Å². The Morgan fingerprint density at radius 1 is 1.28 bits per heavy atom. The van der Waals surface area contributed by atoms with E-state index in [1.165, 1.54) is 25.3 Å². The molecule has 5 nitrogen and oxygen atoms in total. The fourth-order valence-corrected chi connectivity index (χ4v) is 2.34. The second-order valence-corrected chi connectivity index (χ2v) is 5.12. The SMILES string of the molecule is COC/C(=N\NC=O)c1ccc(-c2cccc(N)c2)c(C(F)(F)F)c1. The average Bonchev–Trinajstić information content (AvgIpc) is 2.57. The molecule has 0 saturated carbocycles. The number of amides is 1. The summed E-state index contributed by atoms with van der Waals surface area (Å²) < 4.78 is 45.6. The van der Waals surface area contributed by atoms with E-state index in [4.69, 9.17) is 10.5 Å². The van der Waals surface area contributed by atoms with Gasteiger partial charge in [-0.25, -0.2) is 5.43 Å². The highest BCUT2D eigenvalue weighted by Crippen LogP contribution is 2.38. The lowest BCUT2D eigenvalue weighted by Gasteiger charge is -2.16. The van der Waals surface area contributed by atoms with Gasteiger partial charge in [-0.1, -0.05) is 24.3 Å². The summed E-state index contributed by atoms with van der Waals surface area (Å²) in [4.78, 5) is 10.4. The lowest BCUT2D eigenvalue weighted by atomic mass is 9.95. The third kappa shape index (κ3) is 4.57. The summed E-state index contributed by atoms with van der Waals surface area (Å²) in [5, 5.41) is 3.73. The molecule has 0 aliphatic heterocycles. The predicted molar refractivity (Wildman–Crippen MR) is 88.9 cm³/mol. The van der Waals surface area contributed by atoms with E-state index in [0.29, 0.717) is 17.7 Å². The van der Waals surface area contributed by atoms with Crippen LogP contribution in [0.1, 0.15) is 11.1 Å². The topological polar surface area (TPSA) is 76.7 Å². The Morgan fingerprint density at radius 2 is 2.04 bits per heavy atom. The van der Waals surface area contributed by atoms with E-state index in [-0.39, 0.29) is 23.4 Å². The van der Waals surface area contributed by atoms with Crippen LogP contribution in [-0.2, 0) is 15.7 Å². The largest absolute Gasteiger partial charge is 0.417 e. The van der Waals surface area contributed by atoms with Crippen molar-refractivity contribution in [2.75, 3.05) is 19.5 Å². The molecule has 25 heavy (non-hydrogen) atoms. The highest BCUT2D eigenvalue weighted by molar-refractivity contribution is 6.02. The number of methoxy groups -OCH3 is 1. The number of benzene rings is 2. The molecule has 2 aromatic carbocycles. The molecule has 0 aliphatic rings. The number of nitrogens with zero attached hydrogens (tertiary/aromatic N) is 1. The van der Waals surface area contributed by atoms with Gasteiger partial charge in [0, 0.05) is 18.4 Å². The zero-order valence-corrected chi connectivity index (χ0v) is 13.3. The number of halogens is 3. The summed E-state index contributed by atoms with van der Waals surface area (Å²) in [5.74, 6) is 0. The molecule has 8 heteroatoms. The minimum atomic E-state index is -4.58. The van der Waals surface area contributed by atoms with Crippen molar-refractivity contribution in [3.8, 4) is 11.1 Å². The summed E-state index contributed by atoms with van der Waals surface area (Å²) in [7, 11) is 1.38. The van der Waals surface area contributed by atoms with Crippen LogP contribution in [0.5, 0.6) is 0 Å². The van der Waals surface area contributed by atoms with Gasteiger partial charge in [-0.2, -0.15) is 18.3 Å². The number of nitrogen functional groups attached to an aromatic ring is 1. The molecule has 0 unspecified atom stereocenters. The molecular weight excluding hydrogens is 335 g/mol. The van der Waals surface area contributed by atoms with E-state index >= 15 is 0 Å². The molecule has 0 fully saturated rings. The van der Waals surface area contributed by atoms with Gasteiger partial charge in [0.2, 0.25) is 6.41 Å². The number of hydrogen-bond donors (Lipinski definition) is 2. The predicted octanol–water partition coefficient (Wildman–Crippen LogP) is 3.05. The highest BCUT2D eigenvalue weighted by atomic mass is 19.4. The second-order valence-electron chi connectivity index (χ2n) is 5.12. The number of nitrogens with one attached hydrogen (secondary N) is 1. The monoisotopic (exact) mass is 351 g/mol. The molecule has 0 atom stereocenters. The number of alkyl halides is 3. The van der Waals surface area contributed by atoms with Crippen molar-refractivity contribution in [2.24, 2.45) is 5.10 Å². The first kappa shape index (κ1) is 18.5.